The molecule has 0 aliphatic rings. The molecule has 5 heteroatoms. The Kier molecular flexibility index (Phi) is 3.01. The maximum Gasteiger partial charge on any atom is 0.131 e. The topological polar surface area (TPSA) is 84.9 Å². The second-order valence-electron chi connectivity index (χ2n) is 4.33. The van der Waals surface area contributed by atoms with Crippen LogP contribution in [0.4, 0.5) is 5.82 Å². The minimum atomic E-state index is 0.212. The number of hydrogen-bond acceptors (Lipinski definition) is 5. The number of pyridine rings is 1. The van der Waals surface area contributed by atoms with Gasteiger partial charge in [-0.25, -0.2) is 15.0 Å². The Balaban J connectivity index is 2.12. The van der Waals surface area contributed by atoms with Crippen molar-refractivity contribution in [1.29, 1.82) is 0 Å². The molecule has 3 N–H and O–H groups in total. The molecule has 0 saturated carbocycles. The van der Waals surface area contributed by atoms with Gasteiger partial charge in [-0.3, -0.25) is 0 Å². The van der Waals surface area contributed by atoms with E-state index in [1.807, 2.05) is 12.1 Å². The Morgan fingerprint density at radius 3 is 2.45 bits per heavy atom. The summed E-state index contributed by atoms with van der Waals surface area (Å²) >= 11 is 0. The summed E-state index contributed by atoms with van der Waals surface area (Å²) in [6, 6.07) is 8.90. The lowest BCUT2D eigenvalue weighted by Crippen LogP contribution is -1.95. The van der Waals surface area contributed by atoms with Crippen molar-refractivity contribution in [3.05, 3.63) is 55.2 Å². The molecule has 0 radical (unpaired) electrons. The first-order valence-corrected chi connectivity index (χ1v) is 6.04. The highest BCUT2D eigenvalue weighted by atomic mass is 16.3. The van der Waals surface area contributed by atoms with Gasteiger partial charge in [0.15, 0.2) is 0 Å². The van der Waals surface area contributed by atoms with Gasteiger partial charge in [-0.1, -0.05) is 12.1 Å². The van der Waals surface area contributed by atoms with Crippen LogP contribution in [0.5, 0.6) is 5.75 Å². The molecule has 98 valence electrons. The zero-order valence-electron chi connectivity index (χ0n) is 10.6. The molecule has 0 fully saturated rings. The monoisotopic (exact) mass is 264 g/mol. The second kappa shape index (κ2) is 4.97. The number of nitrogens with zero attached hydrogens (tertiary/aromatic N) is 3. The highest BCUT2D eigenvalue weighted by Gasteiger charge is 2.07. The fourth-order valence-electron chi connectivity index (χ4n) is 1.99. The highest BCUT2D eigenvalue weighted by molar-refractivity contribution is 5.78. The number of nitrogen functional groups attached to an aromatic ring is 1. The van der Waals surface area contributed by atoms with Crippen LogP contribution < -0.4 is 5.73 Å². The van der Waals surface area contributed by atoms with Gasteiger partial charge in [-0.2, -0.15) is 0 Å². The van der Waals surface area contributed by atoms with Crippen molar-refractivity contribution in [3.8, 4) is 28.0 Å². The summed E-state index contributed by atoms with van der Waals surface area (Å²) in [6.07, 6.45) is 6.52. The van der Waals surface area contributed by atoms with E-state index < -0.39 is 0 Å². The van der Waals surface area contributed by atoms with Crippen LogP contribution >= 0.6 is 0 Å². The highest BCUT2D eigenvalue weighted by Crippen LogP contribution is 2.29. The van der Waals surface area contributed by atoms with E-state index >= 15 is 0 Å². The van der Waals surface area contributed by atoms with E-state index in [2.05, 4.69) is 15.0 Å². The molecular weight excluding hydrogens is 252 g/mol. The number of anilines is 1. The van der Waals surface area contributed by atoms with Crippen LogP contribution in [0.2, 0.25) is 0 Å². The average Bonchev–Trinajstić information content (AvgIpc) is 2.48. The minimum Gasteiger partial charge on any atom is -0.508 e. The third kappa shape index (κ3) is 2.29. The number of hydrogen-bond donors (Lipinski definition) is 2. The number of aromatic hydroxyl groups is 1. The smallest absolute Gasteiger partial charge is 0.131 e. The standard InChI is InChI=1S/C15H12N4O/c16-15-14(12-6-17-9-18-7-12)5-11(8-19-15)10-2-1-3-13(20)4-10/h1-9,20H,(H2,16,19). The summed E-state index contributed by atoms with van der Waals surface area (Å²) in [5.41, 5.74) is 9.23. The molecule has 3 aromatic rings. The van der Waals surface area contributed by atoms with E-state index in [0.29, 0.717) is 5.82 Å². The van der Waals surface area contributed by atoms with Gasteiger partial charge < -0.3 is 10.8 Å². The normalized spacial score (nSPS) is 10.4. The van der Waals surface area contributed by atoms with Crippen LogP contribution in [0, 0.1) is 0 Å². The van der Waals surface area contributed by atoms with Crippen molar-refractivity contribution >= 4 is 5.82 Å². The van der Waals surface area contributed by atoms with Gasteiger partial charge in [0.2, 0.25) is 0 Å². The number of phenols is 1. The Bertz CT molecular complexity index is 744. The Hall–Kier alpha value is -2.95. The van der Waals surface area contributed by atoms with Crippen molar-refractivity contribution in [1.82, 2.24) is 15.0 Å². The molecule has 0 amide bonds. The van der Waals surface area contributed by atoms with Crippen LogP contribution in [0.25, 0.3) is 22.3 Å². The summed E-state index contributed by atoms with van der Waals surface area (Å²) in [5, 5.41) is 9.55. The lowest BCUT2D eigenvalue weighted by Gasteiger charge is -2.08. The van der Waals surface area contributed by atoms with Crippen LogP contribution in [0.15, 0.2) is 55.2 Å². The average molecular weight is 264 g/mol. The number of nitrogens with two attached hydrogens (primary N) is 1. The molecule has 1 aromatic carbocycles. The van der Waals surface area contributed by atoms with Gasteiger partial charge in [0.1, 0.15) is 17.9 Å². The number of benzene rings is 1. The third-order valence-electron chi connectivity index (χ3n) is 2.97. The van der Waals surface area contributed by atoms with Crippen molar-refractivity contribution in [2.24, 2.45) is 0 Å². The first kappa shape index (κ1) is 12.1. The minimum absolute atomic E-state index is 0.212. The summed E-state index contributed by atoms with van der Waals surface area (Å²) in [5.74, 6) is 0.632. The molecule has 2 aromatic heterocycles. The molecule has 0 spiro atoms. The molecular formula is C15H12N4O. The second-order valence-corrected chi connectivity index (χ2v) is 4.33. The molecule has 5 nitrogen and oxygen atoms in total. The number of phenolic OH excluding ortho intramolecular Hbond substituents is 1. The first-order chi connectivity index (χ1) is 9.74. The molecule has 0 atom stereocenters. The third-order valence-corrected chi connectivity index (χ3v) is 2.97. The lowest BCUT2D eigenvalue weighted by molar-refractivity contribution is 0.475. The number of aromatic nitrogens is 3. The van der Waals surface area contributed by atoms with E-state index in [1.165, 1.54) is 6.33 Å². The fraction of sp³-hybridized carbons (Fsp3) is 0. The molecule has 0 bridgehead atoms. The van der Waals surface area contributed by atoms with E-state index in [1.54, 1.807) is 36.8 Å². The van der Waals surface area contributed by atoms with Gasteiger partial charge in [-0.05, 0) is 23.8 Å². The molecule has 0 saturated heterocycles. The summed E-state index contributed by atoms with van der Waals surface area (Å²) in [6.45, 7) is 0. The van der Waals surface area contributed by atoms with Gasteiger partial charge in [0, 0.05) is 35.3 Å². The van der Waals surface area contributed by atoms with E-state index in [9.17, 15) is 5.11 Å². The Morgan fingerprint density at radius 1 is 0.900 bits per heavy atom. The van der Waals surface area contributed by atoms with Crippen LogP contribution in [0.1, 0.15) is 0 Å². The van der Waals surface area contributed by atoms with Crippen molar-refractivity contribution in [3.63, 3.8) is 0 Å². The zero-order chi connectivity index (χ0) is 13.9. The number of rotatable bonds is 2. The lowest BCUT2D eigenvalue weighted by atomic mass is 10.0. The van der Waals surface area contributed by atoms with Gasteiger partial charge in [0.05, 0.1) is 0 Å². The van der Waals surface area contributed by atoms with Crippen molar-refractivity contribution in [2.75, 3.05) is 5.73 Å². The molecule has 20 heavy (non-hydrogen) atoms. The summed E-state index contributed by atoms with van der Waals surface area (Å²) in [7, 11) is 0. The largest absolute Gasteiger partial charge is 0.508 e. The maximum absolute atomic E-state index is 9.55. The van der Waals surface area contributed by atoms with E-state index in [-0.39, 0.29) is 5.75 Å². The summed E-state index contributed by atoms with van der Waals surface area (Å²) < 4.78 is 0. The quantitative estimate of drug-likeness (QED) is 0.742. The predicted octanol–water partition coefficient (Wildman–Crippen LogP) is 2.49. The van der Waals surface area contributed by atoms with E-state index in [0.717, 1.165) is 22.3 Å². The zero-order valence-corrected chi connectivity index (χ0v) is 10.6. The maximum atomic E-state index is 9.55. The van der Waals surface area contributed by atoms with Crippen LogP contribution in [-0.2, 0) is 0 Å². The molecule has 0 aliphatic carbocycles. The molecule has 3 rings (SSSR count). The van der Waals surface area contributed by atoms with Gasteiger partial charge in [-0.15, -0.1) is 0 Å². The SMILES string of the molecule is Nc1ncc(-c2cccc(O)c2)cc1-c1cncnc1. The van der Waals surface area contributed by atoms with Crippen molar-refractivity contribution in [2.45, 2.75) is 0 Å². The van der Waals surface area contributed by atoms with Gasteiger partial charge in [0.25, 0.3) is 0 Å². The molecule has 2 heterocycles. The summed E-state index contributed by atoms with van der Waals surface area (Å²) in [4.78, 5) is 12.2. The van der Waals surface area contributed by atoms with Gasteiger partial charge >= 0.3 is 0 Å². The molecule has 0 unspecified atom stereocenters. The fourth-order valence-corrected chi connectivity index (χ4v) is 1.99. The van der Waals surface area contributed by atoms with Crippen LogP contribution in [0.3, 0.4) is 0 Å². The first-order valence-electron chi connectivity index (χ1n) is 6.04. The Labute approximate surface area is 115 Å². The Morgan fingerprint density at radius 2 is 1.70 bits per heavy atom. The predicted molar refractivity (Wildman–Crippen MR) is 76.8 cm³/mol. The van der Waals surface area contributed by atoms with Crippen molar-refractivity contribution < 1.29 is 5.11 Å². The molecule has 0 aliphatic heterocycles. The van der Waals surface area contributed by atoms with E-state index in [4.69, 9.17) is 5.73 Å². The van der Waals surface area contributed by atoms with Crippen LogP contribution in [-0.4, -0.2) is 20.1 Å².